The van der Waals surface area contributed by atoms with Gasteiger partial charge in [0.25, 0.3) is 0 Å². The summed E-state index contributed by atoms with van der Waals surface area (Å²) in [4.78, 5) is 0. The molecule has 0 radical (unpaired) electrons. The van der Waals surface area contributed by atoms with Gasteiger partial charge in [-0.1, -0.05) is 17.7 Å². The third-order valence-electron chi connectivity index (χ3n) is 2.82. The molecule has 1 aromatic rings. The fourth-order valence-corrected chi connectivity index (χ4v) is 3.05. The molecule has 2 atom stereocenters. The Morgan fingerprint density at radius 1 is 1.59 bits per heavy atom. The molecule has 94 valence electrons. The van der Waals surface area contributed by atoms with Crippen LogP contribution in [0.4, 0.5) is 4.39 Å². The van der Waals surface area contributed by atoms with Gasteiger partial charge in [0, 0.05) is 22.1 Å². The zero-order valence-corrected chi connectivity index (χ0v) is 11.2. The molecule has 0 spiro atoms. The minimum Gasteiger partial charge on any atom is -0.375 e. The summed E-state index contributed by atoms with van der Waals surface area (Å²) in [7, 11) is 1.82. The van der Waals surface area contributed by atoms with Crippen LogP contribution in [0.5, 0.6) is 0 Å². The van der Waals surface area contributed by atoms with Gasteiger partial charge in [-0.25, -0.2) is 4.39 Å². The second-order valence-corrected chi connectivity index (χ2v) is 5.50. The molecular formula is C12H15ClFNOS. The van der Waals surface area contributed by atoms with E-state index in [4.69, 9.17) is 16.3 Å². The summed E-state index contributed by atoms with van der Waals surface area (Å²) in [6.45, 7) is 0.725. The maximum Gasteiger partial charge on any atom is 0.129 e. The van der Waals surface area contributed by atoms with Crippen molar-refractivity contribution < 1.29 is 9.13 Å². The SMILES string of the molecule is CNC(c1ccc(Cl)cc1F)C1CSCCO1. The molecule has 0 amide bonds. The van der Waals surface area contributed by atoms with E-state index in [0.717, 1.165) is 18.1 Å². The summed E-state index contributed by atoms with van der Waals surface area (Å²) < 4.78 is 19.5. The molecule has 1 fully saturated rings. The van der Waals surface area contributed by atoms with E-state index >= 15 is 0 Å². The first-order valence-electron chi connectivity index (χ1n) is 5.54. The third-order valence-corrected chi connectivity index (χ3v) is 4.08. The van der Waals surface area contributed by atoms with Crippen molar-refractivity contribution in [2.75, 3.05) is 25.2 Å². The van der Waals surface area contributed by atoms with Gasteiger partial charge < -0.3 is 10.1 Å². The molecule has 1 aliphatic rings. The number of hydrogen-bond donors (Lipinski definition) is 1. The quantitative estimate of drug-likeness (QED) is 0.917. The van der Waals surface area contributed by atoms with Gasteiger partial charge in [-0.2, -0.15) is 11.8 Å². The van der Waals surface area contributed by atoms with Crippen molar-refractivity contribution in [1.82, 2.24) is 5.32 Å². The highest BCUT2D eigenvalue weighted by Crippen LogP contribution is 2.28. The van der Waals surface area contributed by atoms with Crippen LogP contribution in [0.15, 0.2) is 18.2 Å². The van der Waals surface area contributed by atoms with Gasteiger partial charge in [0.15, 0.2) is 0 Å². The maximum absolute atomic E-state index is 13.9. The molecule has 1 saturated heterocycles. The van der Waals surface area contributed by atoms with Gasteiger partial charge in [0.05, 0.1) is 18.8 Å². The molecule has 1 aromatic carbocycles. The Bertz CT molecular complexity index is 385. The Kier molecular flexibility index (Phi) is 4.68. The second kappa shape index (κ2) is 6.05. The standard InChI is InChI=1S/C12H15ClFNOS/c1-15-12(11-7-17-5-4-16-11)9-3-2-8(13)6-10(9)14/h2-3,6,11-12,15H,4-5,7H2,1H3. The lowest BCUT2D eigenvalue weighted by Crippen LogP contribution is -2.37. The van der Waals surface area contributed by atoms with E-state index in [1.807, 2.05) is 18.8 Å². The summed E-state index contributed by atoms with van der Waals surface area (Å²) in [5.74, 6) is 1.61. The Morgan fingerprint density at radius 3 is 3.00 bits per heavy atom. The van der Waals surface area contributed by atoms with E-state index in [0.29, 0.717) is 10.6 Å². The lowest BCUT2D eigenvalue weighted by Gasteiger charge is -2.30. The number of hydrogen-bond acceptors (Lipinski definition) is 3. The fourth-order valence-electron chi connectivity index (χ4n) is 1.99. The molecule has 0 bridgehead atoms. The van der Waals surface area contributed by atoms with Crippen molar-refractivity contribution in [2.24, 2.45) is 0 Å². The molecule has 2 nitrogen and oxygen atoms in total. The van der Waals surface area contributed by atoms with Gasteiger partial charge in [0.1, 0.15) is 5.82 Å². The number of nitrogens with one attached hydrogen (secondary N) is 1. The van der Waals surface area contributed by atoms with Crippen molar-refractivity contribution in [3.8, 4) is 0 Å². The van der Waals surface area contributed by atoms with Gasteiger partial charge in [-0.15, -0.1) is 0 Å². The van der Waals surface area contributed by atoms with Crippen LogP contribution in [0.3, 0.4) is 0 Å². The van der Waals surface area contributed by atoms with Gasteiger partial charge in [-0.3, -0.25) is 0 Å². The number of likely N-dealkylation sites (N-methyl/N-ethyl adjacent to an activating group) is 1. The summed E-state index contributed by atoms with van der Waals surface area (Å²) >= 11 is 7.59. The molecule has 2 rings (SSSR count). The monoisotopic (exact) mass is 275 g/mol. The summed E-state index contributed by atoms with van der Waals surface area (Å²) in [5, 5.41) is 3.54. The molecule has 0 saturated carbocycles. The largest absolute Gasteiger partial charge is 0.375 e. The molecular weight excluding hydrogens is 261 g/mol. The number of benzene rings is 1. The number of halogens is 2. The van der Waals surface area contributed by atoms with E-state index in [2.05, 4.69) is 5.32 Å². The first kappa shape index (κ1) is 13.1. The van der Waals surface area contributed by atoms with E-state index in [-0.39, 0.29) is 18.0 Å². The van der Waals surface area contributed by atoms with Crippen LogP contribution in [-0.4, -0.2) is 31.3 Å². The van der Waals surface area contributed by atoms with Crippen molar-refractivity contribution in [2.45, 2.75) is 12.1 Å². The second-order valence-electron chi connectivity index (χ2n) is 3.92. The molecule has 5 heteroatoms. The van der Waals surface area contributed by atoms with Crippen LogP contribution in [-0.2, 0) is 4.74 Å². The van der Waals surface area contributed by atoms with Crippen LogP contribution in [0.2, 0.25) is 5.02 Å². The van der Waals surface area contributed by atoms with E-state index in [1.165, 1.54) is 6.07 Å². The average molecular weight is 276 g/mol. The third kappa shape index (κ3) is 3.13. The first-order chi connectivity index (χ1) is 8.22. The molecule has 1 N–H and O–H groups in total. The zero-order valence-electron chi connectivity index (χ0n) is 9.58. The minimum atomic E-state index is -0.281. The minimum absolute atomic E-state index is 0.00873. The van der Waals surface area contributed by atoms with Crippen LogP contribution in [0.25, 0.3) is 0 Å². The summed E-state index contributed by atoms with van der Waals surface area (Å²) in [6, 6.07) is 4.65. The maximum atomic E-state index is 13.9. The highest BCUT2D eigenvalue weighted by Gasteiger charge is 2.27. The molecule has 17 heavy (non-hydrogen) atoms. The Hall–Kier alpha value is -0.290. The lowest BCUT2D eigenvalue weighted by atomic mass is 10.0. The number of thioether (sulfide) groups is 1. The van der Waals surface area contributed by atoms with Crippen LogP contribution < -0.4 is 5.32 Å². The van der Waals surface area contributed by atoms with E-state index in [1.54, 1.807) is 12.1 Å². The van der Waals surface area contributed by atoms with Gasteiger partial charge >= 0.3 is 0 Å². The van der Waals surface area contributed by atoms with Crippen molar-refractivity contribution in [3.05, 3.63) is 34.6 Å². The average Bonchev–Trinajstić information content (AvgIpc) is 2.34. The Morgan fingerprint density at radius 2 is 2.41 bits per heavy atom. The normalized spacial score (nSPS) is 22.4. The van der Waals surface area contributed by atoms with Crippen LogP contribution in [0, 0.1) is 5.82 Å². The molecule has 0 aliphatic carbocycles. The molecule has 1 heterocycles. The van der Waals surface area contributed by atoms with Gasteiger partial charge in [-0.05, 0) is 19.2 Å². The van der Waals surface area contributed by atoms with Crippen LogP contribution >= 0.6 is 23.4 Å². The van der Waals surface area contributed by atoms with E-state index < -0.39 is 0 Å². The highest BCUT2D eigenvalue weighted by molar-refractivity contribution is 7.99. The smallest absolute Gasteiger partial charge is 0.129 e. The van der Waals surface area contributed by atoms with Gasteiger partial charge in [0.2, 0.25) is 0 Å². The fraction of sp³-hybridized carbons (Fsp3) is 0.500. The van der Waals surface area contributed by atoms with Crippen molar-refractivity contribution >= 4 is 23.4 Å². The van der Waals surface area contributed by atoms with Crippen molar-refractivity contribution in [3.63, 3.8) is 0 Å². The molecule has 0 aromatic heterocycles. The highest BCUT2D eigenvalue weighted by atomic mass is 35.5. The predicted octanol–water partition coefficient (Wildman–Crippen LogP) is 2.87. The topological polar surface area (TPSA) is 21.3 Å². The summed E-state index contributed by atoms with van der Waals surface area (Å²) in [6.07, 6.45) is 0.00873. The molecule has 2 unspecified atom stereocenters. The van der Waals surface area contributed by atoms with E-state index in [9.17, 15) is 4.39 Å². The Balaban J connectivity index is 2.21. The zero-order chi connectivity index (χ0) is 12.3. The lowest BCUT2D eigenvalue weighted by molar-refractivity contribution is 0.0479. The molecule has 1 aliphatic heterocycles. The Labute approximate surface area is 110 Å². The summed E-state index contributed by atoms with van der Waals surface area (Å²) in [5.41, 5.74) is 0.615. The predicted molar refractivity (Wildman–Crippen MR) is 70.3 cm³/mol. The number of rotatable bonds is 3. The van der Waals surface area contributed by atoms with Crippen molar-refractivity contribution in [1.29, 1.82) is 0 Å². The number of ether oxygens (including phenoxy) is 1. The first-order valence-corrected chi connectivity index (χ1v) is 7.07. The van der Waals surface area contributed by atoms with Crippen LogP contribution in [0.1, 0.15) is 11.6 Å².